The number of fused-ring (bicyclic) bond motifs is 2. The van der Waals surface area contributed by atoms with Crippen molar-refractivity contribution in [2.45, 2.75) is 30.7 Å². The van der Waals surface area contributed by atoms with Gasteiger partial charge in [-0.2, -0.15) is 0 Å². The number of carbonyl (C=O) groups is 3. The molecule has 0 spiro atoms. The third kappa shape index (κ3) is 4.27. The summed E-state index contributed by atoms with van der Waals surface area (Å²) in [5.74, 6) is -4.65. The van der Waals surface area contributed by atoms with Crippen LogP contribution in [0.25, 0.3) is 0 Å². The quantitative estimate of drug-likeness (QED) is 0.271. The van der Waals surface area contributed by atoms with Gasteiger partial charge < -0.3 is 44.9 Å². The second-order valence-corrected chi connectivity index (χ2v) is 7.34. The average Bonchev–Trinajstić information content (AvgIpc) is 2.77. The number of rotatable bonds is 4. The van der Waals surface area contributed by atoms with E-state index in [9.17, 15) is 45.0 Å². The monoisotopic (exact) mass is 484 g/mol. The fraction of sp³-hybridized carbons (Fsp3) is 0.286. The van der Waals surface area contributed by atoms with Crippen molar-refractivity contribution in [2.75, 3.05) is 6.61 Å². The Morgan fingerprint density at radius 1 is 1.00 bits per heavy atom. The first-order valence-electron chi connectivity index (χ1n) is 9.41. The Labute approximate surface area is 215 Å². The second-order valence-electron chi connectivity index (χ2n) is 7.34. The van der Waals surface area contributed by atoms with Gasteiger partial charge in [0.25, 0.3) is 0 Å². The van der Waals surface area contributed by atoms with Crippen LogP contribution in [0.5, 0.6) is 11.5 Å². The molecule has 4 rings (SSSR count). The molecule has 5 unspecified atom stereocenters. The van der Waals surface area contributed by atoms with Crippen LogP contribution in [-0.2, 0) is 4.74 Å². The van der Waals surface area contributed by atoms with Crippen LogP contribution in [0.4, 0.5) is 0 Å². The molecule has 2 aliphatic rings. The number of carbonyl (C=O) groups excluding carboxylic acids is 3. The maximum atomic E-state index is 13.1. The predicted octanol–water partition coefficient (Wildman–Crippen LogP) is -3.30. The molecule has 2 aromatic carbocycles. The summed E-state index contributed by atoms with van der Waals surface area (Å²) < 4.78 is 10.8. The van der Waals surface area contributed by atoms with Gasteiger partial charge in [0, 0.05) is 16.7 Å². The van der Waals surface area contributed by atoms with E-state index in [4.69, 9.17) is 9.47 Å². The van der Waals surface area contributed by atoms with Crippen LogP contribution in [-0.4, -0.2) is 113 Å². The van der Waals surface area contributed by atoms with Crippen molar-refractivity contribution < 1.29 is 54.5 Å². The van der Waals surface area contributed by atoms with Gasteiger partial charge in [-0.1, -0.05) is 23.9 Å². The molecule has 1 aliphatic carbocycles. The number of benzene rings is 2. The molecule has 0 saturated carbocycles. The SMILES string of the molecule is O=C([O-])c1cc([O-])c2c(c1)C(=O)c1cccc(OC3OC(CO)C(O)C(O)C3O)c1C2=O.[Ca+2]. The number of aromatic carboxylic acids is 1. The summed E-state index contributed by atoms with van der Waals surface area (Å²) in [6.45, 7) is -0.706. The number of hydrogen-bond donors (Lipinski definition) is 4. The maximum absolute atomic E-state index is 13.1. The van der Waals surface area contributed by atoms with E-state index < -0.39 is 71.7 Å². The van der Waals surface area contributed by atoms with Crippen molar-refractivity contribution in [3.8, 4) is 11.5 Å². The third-order valence-corrected chi connectivity index (χ3v) is 5.40. The minimum Gasteiger partial charge on any atom is -0.872 e. The van der Waals surface area contributed by atoms with Crippen LogP contribution in [0.15, 0.2) is 30.3 Å². The van der Waals surface area contributed by atoms with Crippen LogP contribution >= 0.6 is 0 Å². The zero-order valence-corrected chi connectivity index (χ0v) is 19.0. The molecule has 1 fully saturated rings. The van der Waals surface area contributed by atoms with Crippen molar-refractivity contribution in [1.82, 2.24) is 0 Å². The molecule has 5 atom stereocenters. The van der Waals surface area contributed by atoms with E-state index in [0.29, 0.717) is 6.07 Å². The molecular formula is C21H16CaO11. The van der Waals surface area contributed by atoms with Crippen molar-refractivity contribution >= 4 is 55.3 Å². The van der Waals surface area contributed by atoms with Crippen molar-refractivity contribution in [3.63, 3.8) is 0 Å². The summed E-state index contributed by atoms with van der Waals surface area (Å²) in [5, 5.41) is 62.8. The van der Waals surface area contributed by atoms with Crippen LogP contribution in [0.1, 0.15) is 42.2 Å². The number of hydrogen-bond acceptors (Lipinski definition) is 11. The Kier molecular flexibility index (Phi) is 7.46. The maximum Gasteiger partial charge on any atom is 2.00 e. The summed E-state index contributed by atoms with van der Waals surface area (Å²) in [6, 6.07) is 5.44. The third-order valence-electron chi connectivity index (χ3n) is 5.40. The van der Waals surface area contributed by atoms with Gasteiger partial charge in [0.15, 0.2) is 11.6 Å². The number of ketones is 2. The Bertz CT molecular complexity index is 1130. The Hall–Kier alpha value is -2.09. The molecule has 0 aromatic heterocycles. The first kappa shape index (κ1) is 25.5. The number of carboxylic acids is 1. The topological polar surface area (TPSA) is 197 Å². The minimum atomic E-state index is -1.77. The largest absolute Gasteiger partial charge is 2.00 e. The van der Waals surface area contributed by atoms with E-state index in [-0.39, 0.29) is 60.2 Å². The van der Waals surface area contributed by atoms with Gasteiger partial charge in [0.05, 0.1) is 18.1 Å². The van der Waals surface area contributed by atoms with Gasteiger partial charge in [0.1, 0.15) is 30.2 Å². The van der Waals surface area contributed by atoms with E-state index in [2.05, 4.69) is 0 Å². The summed E-state index contributed by atoms with van der Waals surface area (Å²) in [4.78, 5) is 37.2. The molecule has 12 heteroatoms. The van der Waals surface area contributed by atoms with Gasteiger partial charge in [-0.15, -0.1) is 0 Å². The van der Waals surface area contributed by atoms with Crippen molar-refractivity contribution in [3.05, 3.63) is 58.1 Å². The Morgan fingerprint density at radius 3 is 2.33 bits per heavy atom. The molecule has 0 radical (unpaired) electrons. The van der Waals surface area contributed by atoms with E-state index in [0.717, 1.165) is 6.07 Å². The van der Waals surface area contributed by atoms with Gasteiger partial charge in [-0.05, 0) is 17.7 Å². The second kappa shape index (κ2) is 9.64. The molecular weight excluding hydrogens is 468 g/mol. The molecule has 2 aromatic rings. The Morgan fingerprint density at radius 2 is 1.70 bits per heavy atom. The van der Waals surface area contributed by atoms with Gasteiger partial charge in [0.2, 0.25) is 6.29 Å². The average molecular weight is 484 g/mol. The minimum absolute atomic E-state index is 0. The van der Waals surface area contributed by atoms with E-state index in [1.54, 1.807) is 0 Å². The summed E-state index contributed by atoms with van der Waals surface area (Å²) in [5.41, 5.74) is -1.98. The number of carboxylic acid groups (broad SMARTS) is 1. The smallest absolute Gasteiger partial charge is 0.872 e. The fourth-order valence-corrected chi connectivity index (χ4v) is 3.76. The van der Waals surface area contributed by atoms with Gasteiger partial charge >= 0.3 is 37.7 Å². The summed E-state index contributed by atoms with van der Waals surface area (Å²) in [6.07, 6.45) is -8.04. The van der Waals surface area contributed by atoms with Gasteiger partial charge in [-0.25, -0.2) is 0 Å². The number of ether oxygens (including phenoxy) is 2. The molecule has 0 amide bonds. The standard InChI is InChI=1S/C21H18O11.Ca/c22-6-12-16(25)18(27)19(28)21(32-12)31-11-3-1-2-8-14(11)17(26)13-9(15(8)24)4-7(20(29)30)5-10(13)23;/h1-5,12,16,18-19,21-23,25,27-28H,6H2,(H,29,30);/q;+2/p-2. The molecule has 0 bridgehead atoms. The number of aliphatic hydroxyl groups excluding tert-OH is 4. The first-order valence-corrected chi connectivity index (χ1v) is 9.41. The van der Waals surface area contributed by atoms with E-state index >= 15 is 0 Å². The molecule has 11 nitrogen and oxygen atoms in total. The molecule has 1 saturated heterocycles. The number of aliphatic hydroxyl groups is 4. The normalized spacial score (nSPS) is 26.1. The van der Waals surface area contributed by atoms with Crippen molar-refractivity contribution in [1.29, 1.82) is 0 Å². The van der Waals surface area contributed by atoms with Crippen LogP contribution in [0.3, 0.4) is 0 Å². The molecule has 1 aliphatic heterocycles. The van der Waals surface area contributed by atoms with Crippen molar-refractivity contribution in [2.24, 2.45) is 0 Å². The van der Waals surface area contributed by atoms with E-state index in [1.165, 1.54) is 18.2 Å². The van der Waals surface area contributed by atoms with E-state index in [1.807, 2.05) is 0 Å². The predicted molar refractivity (Wildman–Crippen MR) is 104 cm³/mol. The molecule has 4 N–H and O–H groups in total. The van der Waals surface area contributed by atoms with Gasteiger partial charge in [-0.3, -0.25) is 9.59 Å². The molecule has 168 valence electrons. The van der Waals surface area contributed by atoms with Crippen LogP contribution in [0, 0.1) is 0 Å². The molecule has 1 heterocycles. The first-order chi connectivity index (χ1) is 15.1. The van der Waals surface area contributed by atoms with Crippen LogP contribution < -0.4 is 14.9 Å². The Balaban J connectivity index is 0.00000306. The zero-order valence-electron chi connectivity index (χ0n) is 16.8. The fourth-order valence-electron chi connectivity index (χ4n) is 3.76. The summed E-state index contributed by atoms with van der Waals surface area (Å²) >= 11 is 0. The zero-order chi connectivity index (χ0) is 23.3. The summed E-state index contributed by atoms with van der Waals surface area (Å²) in [7, 11) is 0. The molecule has 33 heavy (non-hydrogen) atoms. The van der Waals surface area contributed by atoms with Crippen LogP contribution in [0.2, 0.25) is 0 Å².